The summed E-state index contributed by atoms with van der Waals surface area (Å²) in [6.45, 7) is 4.28. The maximum absolute atomic E-state index is 10.9. The van der Waals surface area contributed by atoms with E-state index in [9.17, 15) is 4.79 Å². The van der Waals surface area contributed by atoms with Gasteiger partial charge < -0.3 is 4.74 Å². The van der Waals surface area contributed by atoms with Crippen molar-refractivity contribution in [1.82, 2.24) is 0 Å². The average Bonchev–Trinajstić information content (AvgIpc) is 2.66. The lowest BCUT2D eigenvalue weighted by Gasteiger charge is -2.22. The summed E-state index contributed by atoms with van der Waals surface area (Å²) < 4.78 is 4.63. The largest absolute Gasteiger partial charge is 0.469 e. The predicted molar refractivity (Wildman–Crippen MR) is 43.1 cm³/mol. The van der Waals surface area contributed by atoms with Gasteiger partial charge in [0.15, 0.2) is 0 Å². The van der Waals surface area contributed by atoms with Crippen LogP contribution in [0.4, 0.5) is 0 Å². The van der Waals surface area contributed by atoms with Gasteiger partial charge in [0.25, 0.3) is 0 Å². The summed E-state index contributed by atoms with van der Waals surface area (Å²) in [4.78, 5) is 10.9. The SMILES string of the molecule is COC(=O)CC(C)(C)C1CC1. The third-order valence-corrected chi connectivity index (χ3v) is 2.51. The Morgan fingerprint density at radius 2 is 2.09 bits per heavy atom. The molecule has 1 saturated carbocycles. The summed E-state index contributed by atoms with van der Waals surface area (Å²) in [5.41, 5.74) is 0.160. The summed E-state index contributed by atoms with van der Waals surface area (Å²) in [7, 11) is 1.45. The number of carbonyl (C=O) groups is 1. The molecule has 1 rings (SSSR count). The summed E-state index contributed by atoms with van der Waals surface area (Å²) in [6, 6.07) is 0. The molecule has 0 radical (unpaired) electrons. The molecule has 1 fully saturated rings. The summed E-state index contributed by atoms with van der Waals surface area (Å²) in [5, 5.41) is 0. The molecule has 0 atom stereocenters. The molecule has 2 heteroatoms. The molecule has 0 saturated heterocycles. The van der Waals surface area contributed by atoms with Gasteiger partial charge in [0.2, 0.25) is 0 Å². The number of esters is 1. The second-order valence-electron chi connectivity index (χ2n) is 4.02. The standard InChI is InChI=1S/C9H16O2/c1-9(2,7-4-5-7)6-8(10)11-3/h7H,4-6H2,1-3H3. The average molecular weight is 156 g/mol. The van der Waals surface area contributed by atoms with Gasteiger partial charge in [0, 0.05) is 0 Å². The zero-order chi connectivity index (χ0) is 8.48. The van der Waals surface area contributed by atoms with Crippen LogP contribution < -0.4 is 0 Å². The maximum atomic E-state index is 10.9. The first kappa shape index (κ1) is 8.57. The molecule has 0 N–H and O–H groups in total. The van der Waals surface area contributed by atoms with E-state index < -0.39 is 0 Å². The van der Waals surface area contributed by atoms with Crippen LogP contribution in [0.5, 0.6) is 0 Å². The van der Waals surface area contributed by atoms with Crippen LogP contribution in [0, 0.1) is 11.3 Å². The molecule has 0 spiro atoms. The van der Waals surface area contributed by atoms with Crippen LogP contribution in [0.3, 0.4) is 0 Å². The van der Waals surface area contributed by atoms with Crippen molar-refractivity contribution < 1.29 is 9.53 Å². The molecule has 0 aromatic carbocycles. The van der Waals surface area contributed by atoms with Crippen molar-refractivity contribution in [3.8, 4) is 0 Å². The van der Waals surface area contributed by atoms with Crippen molar-refractivity contribution in [3.05, 3.63) is 0 Å². The minimum atomic E-state index is -0.0816. The minimum absolute atomic E-state index is 0.0816. The second kappa shape index (κ2) is 2.84. The van der Waals surface area contributed by atoms with E-state index >= 15 is 0 Å². The summed E-state index contributed by atoms with van der Waals surface area (Å²) >= 11 is 0. The molecule has 0 amide bonds. The second-order valence-corrected chi connectivity index (χ2v) is 4.02. The number of hydrogen-bond acceptors (Lipinski definition) is 2. The van der Waals surface area contributed by atoms with E-state index in [4.69, 9.17) is 0 Å². The molecule has 1 aliphatic rings. The van der Waals surface area contributed by atoms with E-state index in [2.05, 4.69) is 18.6 Å². The number of ether oxygens (including phenoxy) is 1. The van der Waals surface area contributed by atoms with Crippen molar-refractivity contribution in [3.63, 3.8) is 0 Å². The molecule has 0 bridgehead atoms. The first-order valence-corrected chi connectivity index (χ1v) is 4.13. The fraction of sp³-hybridized carbons (Fsp3) is 0.889. The lowest BCUT2D eigenvalue weighted by atomic mass is 9.84. The molecular formula is C9H16O2. The third-order valence-electron chi connectivity index (χ3n) is 2.51. The van der Waals surface area contributed by atoms with Gasteiger partial charge >= 0.3 is 5.97 Å². The van der Waals surface area contributed by atoms with Crippen molar-refractivity contribution >= 4 is 5.97 Å². The number of carbonyl (C=O) groups excluding carboxylic acids is 1. The molecule has 0 aromatic rings. The van der Waals surface area contributed by atoms with E-state index in [1.54, 1.807) is 0 Å². The summed E-state index contributed by atoms with van der Waals surface area (Å²) in [6.07, 6.45) is 3.13. The lowest BCUT2D eigenvalue weighted by Crippen LogP contribution is -2.20. The van der Waals surface area contributed by atoms with Crippen LogP contribution in [0.2, 0.25) is 0 Å². The Labute approximate surface area is 67.9 Å². The van der Waals surface area contributed by atoms with Crippen LogP contribution in [-0.4, -0.2) is 13.1 Å². The quantitative estimate of drug-likeness (QED) is 0.584. The Morgan fingerprint density at radius 1 is 1.55 bits per heavy atom. The monoisotopic (exact) mass is 156 g/mol. The van der Waals surface area contributed by atoms with Crippen LogP contribution >= 0.6 is 0 Å². The molecular weight excluding hydrogens is 140 g/mol. The van der Waals surface area contributed by atoms with Gasteiger partial charge in [0.05, 0.1) is 13.5 Å². The normalized spacial score (nSPS) is 18.1. The highest BCUT2D eigenvalue weighted by atomic mass is 16.5. The van der Waals surface area contributed by atoms with Gasteiger partial charge in [-0.3, -0.25) is 4.79 Å². The third kappa shape index (κ3) is 2.21. The van der Waals surface area contributed by atoms with Gasteiger partial charge in [-0.1, -0.05) is 13.8 Å². The first-order valence-electron chi connectivity index (χ1n) is 4.13. The van der Waals surface area contributed by atoms with Crippen molar-refractivity contribution in [1.29, 1.82) is 0 Å². The van der Waals surface area contributed by atoms with Crippen LogP contribution in [0.1, 0.15) is 33.1 Å². The van der Waals surface area contributed by atoms with Gasteiger partial charge in [0.1, 0.15) is 0 Å². The van der Waals surface area contributed by atoms with Crippen LogP contribution in [0.25, 0.3) is 0 Å². The highest BCUT2D eigenvalue weighted by molar-refractivity contribution is 5.70. The fourth-order valence-corrected chi connectivity index (χ4v) is 1.45. The highest BCUT2D eigenvalue weighted by Gasteiger charge is 2.39. The van der Waals surface area contributed by atoms with Crippen molar-refractivity contribution in [2.75, 3.05) is 7.11 Å². The Balaban J connectivity index is 2.38. The van der Waals surface area contributed by atoms with Crippen molar-refractivity contribution in [2.24, 2.45) is 11.3 Å². The molecule has 0 aromatic heterocycles. The molecule has 0 heterocycles. The van der Waals surface area contributed by atoms with Gasteiger partial charge in [-0.2, -0.15) is 0 Å². The lowest BCUT2D eigenvalue weighted by molar-refractivity contribution is -0.143. The van der Waals surface area contributed by atoms with Gasteiger partial charge in [-0.15, -0.1) is 0 Å². The number of methoxy groups -OCH3 is 1. The topological polar surface area (TPSA) is 26.3 Å². The molecule has 11 heavy (non-hydrogen) atoms. The van der Waals surface area contributed by atoms with E-state index in [1.807, 2.05) is 0 Å². The van der Waals surface area contributed by atoms with E-state index in [0.717, 1.165) is 5.92 Å². The highest BCUT2D eigenvalue weighted by Crippen LogP contribution is 2.47. The fourth-order valence-electron chi connectivity index (χ4n) is 1.45. The molecule has 64 valence electrons. The molecule has 0 aliphatic heterocycles. The molecule has 1 aliphatic carbocycles. The van der Waals surface area contributed by atoms with Crippen molar-refractivity contribution in [2.45, 2.75) is 33.1 Å². The predicted octanol–water partition coefficient (Wildman–Crippen LogP) is 1.99. The van der Waals surface area contributed by atoms with E-state index in [-0.39, 0.29) is 11.4 Å². The van der Waals surface area contributed by atoms with E-state index in [1.165, 1.54) is 20.0 Å². The van der Waals surface area contributed by atoms with Gasteiger partial charge in [-0.05, 0) is 24.2 Å². The van der Waals surface area contributed by atoms with Crippen LogP contribution in [0.15, 0.2) is 0 Å². The molecule has 0 unspecified atom stereocenters. The number of rotatable bonds is 3. The first-order chi connectivity index (χ1) is 5.06. The Bertz CT molecular complexity index is 157. The zero-order valence-electron chi connectivity index (χ0n) is 7.52. The Hall–Kier alpha value is -0.530. The zero-order valence-corrected chi connectivity index (χ0v) is 7.52. The maximum Gasteiger partial charge on any atom is 0.306 e. The number of hydrogen-bond donors (Lipinski definition) is 0. The van der Waals surface area contributed by atoms with Crippen LogP contribution in [-0.2, 0) is 9.53 Å². The smallest absolute Gasteiger partial charge is 0.306 e. The molecule has 2 nitrogen and oxygen atoms in total. The Morgan fingerprint density at radius 3 is 2.45 bits per heavy atom. The minimum Gasteiger partial charge on any atom is -0.469 e. The van der Waals surface area contributed by atoms with Gasteiger partial charge in [-0.25, -0.2) is 0 Å². The summed E-state index contributed by atoms with van der Waals surface area (Å²) in [5.74, 6) is 0.670. The Kier molecular flexibility index (Phi) is 2.21. The van der Waals surface area contributed by atoms with E-state index in [0.29, 0.717) is 6.42 Å².